The molecule has 2 heterocycles. The van der Waals surface area contributed by atoms with Gasteiger partial charge in [0.15, 0.2) is 12.0 Å². The number of hydrogen-bond acceptors (Lipinski definition) is 5. The molecule has 0 radical (unpaired) electrons. The molecular weight excluding hydrogens is 296 g/mol. The highest BCUT2D eigenvalue weighted by atomic mass is 32.1. The zero-order chi connectivity index (χ0) is 15.5. The number of aromatic nitrogens is 1. The summed E-state index contributed by atoms with van der Waals surface area (Å²) in [5, 5.41) is 0. The maximum atomic E-state index is 6.21. The molecule has 0 fully saturated rings. The van der Waals surface area contributed by atoms with E-state index < -0.39 is 0 Å². The quantitative estimate of drug-likeness (QED) is 0.821. The summed E-state index contributed by atoms with van der Waals surface area (Å²) in [5.74, 6) is 2.17. The number of methoxy groups -OCH3 is 1. The Morgan fingerprint density at radius 1 is 1.36 bits per heavy atom. The van der Waals surface area contributed by atoms with Gasteiger partial charge in [-0.25, -0.2) is 0 Å². The Bertz CT molecular complexity index is 637. The highest BCUT2D eigenvalue weighted by molar-refractivity contribution is 7.10. The van der Waals surface area contributed by atoms with Gasteiger partial charge in [0.25, 0.3) is 0 Å². The van der Waals surface area contributed by atoms with Crippen LogP contribution in [0.5, 0.6) is 5.75 Å². The molecule has 22 heavy (non-hydrogen) atoms. The van der Waals surface area contributed by atoms with Gasteiger partial charge in [0.05, 0.1) is 23.7 Å². The number of ether oxygens (including phenoxy) is 2. The fourth-order valence-electron chi connectivity index (χ4n) is 2.44. The molecule has 1 aromatic heterocycles. The van der Waals surface area contributed by atoms with Crippen molar-refractivity contribution >= 4 is 22.8 Å². The SMILES string of the molecule is CCC(C)C1OC(c2cncs2)=CN1c1ccc(OC)cc1. The van der Waals surface area contributed by atoms with Crippen LogP contribution in [0.15, 0.2) is 42.2 Å². The van der Waals surface area contributed by atoms with Crippen LogP contribution in [0.4, 0.5) is 5.69 Å². The minimum Gasteiger partial charge on any atom is -0.497 e. The Labute approximate surface area is 135 Å². The van der Waals surface area contributed by atoms with E-state index in [2.05, 4.69) is 42.1 Å². The molecule has 1 aliphatic rings. The van der Waals surface area contributed by atoms with Gasteiger partial charge >= 0.3 is 0 Å². The molecule has 1 aromatic carbocycles. The molecule has 116 valence electrons. The van der Waals surface area contributed by atoms with E-state index in [-0.39, 0.29) is 6.23 Å². The molecule has 0 amide bonds. The van der Waals surface area contributed by atoms with Gasteiger partial charge in [-0.2, -0.15) is 0 Å². The van der Waals surface area contributed by atoms with Crippen LogP contribution in [0.1, 0.15) is 25.1 Å². The van der Waals surface area contributed by atoms with E-state index in [1.54, 1.807) is 18.4 Å². The lowest BCUT2D eigenvalue weighted by Gasteiger charge is -2.28. The molecule has 4 nitrogen and oxygen atoms in total. The Kier molecular flexibility index (Phi) is 4.34. The van der Waals surface area contributed by atoms with Crippen molar-refractivity contribution in [2.45, 2.75) is 26.5 Å². The third-order valence-corrected chi connectivity index (χ3v) is 4.74. The van der Waals surface area contributed by atoms with Crippen molar-refractivity contribution in [2.75, 3.05) is 12.0 Å². The van der Waals surface area contributed by atoms with Gasteiger partial charge in [0, 0.05) is 17.8 Å². The van der Waals surface area contributed by atoms with Crippen LogP contribution in [0.3, 0.4) is 0 Å². The van der Waals surface area contributed by atoms with Gasteiger partial charge in [-0.3, -0.25) is 4.98 Å². The predicted octanol–water partition coefficient (Wildman–Crippen LogP) is 4.36. The summed E-state index contributed by atoms with van der Waals surface area (Å²) in [6.45, 7) is 4.40. The molecule has 0 bridgehead atoms. The van der Waals surface area contributed by atoms with Gasteiger partial charge in [-0.1, -0.05) is 13.8 Å². The zero-order valence-corrected chi connectivity index (χ0v) is 13.8. The van der Waals surface area contributed by atoms with Gasteiger partial charge < -0.3 is 14.4 Å². The molecule has 2 atom stereocenters. The van der Waals surface area contributed by atoms with Crippen molar-refractivity contribution in [1.29, 1.82) is 0 Å². The van der Waals surface area contributed by atoms with E-state index in [0.717, 1.165) is 28.5 Å². The highest BCUT2D eigenvalue weighted by Gasteiger charge is 2.32. The minimum absolute atomic E-state index is 0.00972. The molecular formula is C17H20N2O2S. The Morgan fingerprint density at radius 2 is 2.14 bits per heavy atom. The van der Waals surface area contributed by atoms with Crippen molar-refractivity contribution < 1.29 is 9.47 Å². The van der Waals surface area contributed by atoms with Crippen LogP contribution < -0.4 is 9.64 Å². The average Bonchev–Trinajstić information content (AvgIpc) is 3.23. The second kappa shape index (κ2) is 6.40. The van der Waals surface area contributed by atoms with Crippen LogP contribution in [0.25, 0.3) is 5.76 Å². The normalized spacial score (nSPS) is 18.8. The van der Waals surface area contributed by atoms with E-state index in [1.807, 2.05) is 23.8 Å². The first-order valence-corrected chi connectivity index (χ1v) is 8.30. The second-order valence-electron chi connectivity index (χ2n) is 5.36. The number of thiazole rings is 1. The lowest BCUT2D eigenvalue weighted by atomic mass is 10.1. The number of hydrogen-bond donors (Lipinski definition) is 0. The summed E-state index contributed by atoms with van der Waals surface area (Å²) in [4.78, 5) is 7.40. The first kappa shape index (κ1) is 14.9. The molecule has 0 saturated heterocycles. The molecule has 5 heteroatoms. The van der Waals surface area contributed by atoms with Gasteiger partial charge in [0.2, 0.25) is 0 Å². The number of benzene rings is 1. The fourth-order valence-corrected chi connectivity index (χ4v) is 3.02. The van der Waals surface area contributed by atoms with Crippen molar-refractivity contribution in [2.24, 2.45) is 5.92 Å². The van der Waals surface area contributed by atoms with Gasteiger partial charge in [0.1, 0.15) is 5.75 Å². The lowest BCUT2D eigenvalue weighted by Crippen LogP contribution is -2.33. The summed E-state index contributed by atoms with van der Waals surface area (Å²) in [6.07, 6.45) is 4.99. The maximum Gasteiger partial charge on any atom is 0.178 e. The molecule has 0 N–H and O–H groups in total. The predicted molar refractivity (Wildman–Crippen MR) is 89.9 cm³/mol. The molecule has 3 rings (SSSR count). The van der Waals surface area contributed by atoms with E-state index in [0.29, 0.717) is 5.92 Å². The zero-order valence-electron chi connectivity index (χ0n) is 13.0. The van der Waals surface area contributed by atoms with Crippen molar-refractivity contribution in [3.05, 3.63) is 47.0 Å². The number of anilines is 1. The van der Waals surface area contributed by atoms with Gasteiger partial charge in [-0.15, -0.1) is 11.3 Å². The third kappa shape index (κ3) is 2.81. The number of nitrogens with zero attached hydrogens (tertiary/aromatic N) is 2. The molecule has 1 aliphatic heterocycles. The van der Waals surface area contributed by atoms with E-state index in [1.165, 1.54) is 0 Å². The standard InChI is InChI=1S/C17H20N2O2S/c1-4-12(2)17-19(13-5-7-14(20-3)8-6-13)10-15(21-17)16-9-18-11-22-16/h5-12,17H,4H2,1-3H3. The smallest absolute Gasteiger partial charge is 0.178 e. The maximum absolute atomic E-state index is 6.21. The highest BCUT2D eigenvalue weighted by Crippen LogP contribution is 2.36. The summed E-state index contributed by atoms with van der Waals surface area (Å²) < 4.78 is 11.4. The number of rotatable bonds is 5. The Hall–Kier alpha value is -2.01. The van der Waals surface area contributed by atoms with E-state index in [4.69, 9.17) is 9.47 Å². The molecule has 0 saturated carbocycles. The van der Waals surface area contributed by atoms with E-state index >= 15 is 0 Å². The van der Waals surface area contributed by atoms with E-state index in [9.17, 15) is 0 Å². The average molecular weight is 316 g/mol. The molecule has 2 aromatic rings. The molecule has 0 spiro atoms. The summed E-state index contributed by atoms with van der Waals surface area (Å²) in [6, 6.07) is 8.07. The van der Waals surface area contributed by atoms with Crippen LogP contribution in [0.2, 0.25) is 0 Å². The van der Waals surface area contributed by atoms with Crippen LogP contribution in [0, 0.1) is 5.92 Å². The third-order valence-electron chi connectivity index (χ3n) is 3.95. The summed E-state index contributed by atoms with van der Waals surface area (Å²) in [7, 11) is 1.68. The topological polar surface area (TPSA) is 34.6 Å². The minimum atomic E-state index is 0.00972. The molecule has 0 aliphatic carbocycles. The van der Waals surface area contributed by atoms with Crippen LogP contribution in [-0.2, 0) is 4.74 Å². The summed E-state index contributed by atoms with van der Waals surface area (Å²) >= 11 is 1.59. The van der Waals surface area contributed by atoms with Crippen LogP contribution >= 0.6 is 11.3 Å². The summed E-state index contributed by atoms with van der Waals surface area (Å²) in [5.41, 5.74) is 2.93. The van der Waals surface area contributed by atoms with Crippen LogP contribution in [-0.4, -0.2) is 18.3 Å². The fraction of sp³-hybridized carbons (Fsp3) is 0.353. The van der Waals surface area contributed by atoms with Crippen molar-refractivity contribution in [1.82, 2.24) is 4.98 Å². The Balaban J connectivity index is 1.92. The van der Waals surface area contributed by atoms with Crippen molar-refractivity contribution in [3.8, 4) is 5.75 Å². The first-order chi connectivity index (χ1) is 10.7. The Morgan fingerprint density at radius 3 is 2.73 bits per heavy atom. The molecule has 2 unspecified atom stereocenters. The monoisotopic (exact) mass is 316 g/mol. The lowest BCUT2D eigenvalue weighted by molar-refractivity contribution is 0.133. The second-order valence-corrected chi connectivity index (χ2v) is 6.24. The first-order valence-electron chi connectivity index (χ1n) is 7.42. The van der Waals surface area contributed by atoms with Crippen molar-refractivity contribution in [3.63, 3.8) is 0 Å². The van der Waals surface area contributed by atoms with Gasteiger partial charge in [-0.05, 0) is 30.7 Å². The largest absolute Gasteiger partial charge is 0.497 e.